The maximum Gasteiger partial charge on any atom is 0.319 e. The minimum atomic E-state index is -0.244. The number of aromatic nitrogens is 1. The van der Waals surface area contributed by atoms with Crippen molar-refractivity contribution in [1.82, 2.24) is 10.3 Å². The maximum atomic E-state index is 12.1. The first-order valence-corrected chi connectivity index (χ1v) is 9.99. The number of anilines is 1. The molecule has 1 aliphatic carbocycles. The van der Waals surface area contributed by atoms with E-state index in [0.717, 1.165) is 12.0 Å². The van der Waals surface area contributed by atoms with Crippen LogP contribution >= 0.6 is 0 Å². The Balaban J connectivity index is 1.37. The van der Waals surface area contributed by atoms with Gasteiger partial charge in [0.2, 0.25) is 0 Å². The maximum absolute atomic E-state index is 12.1. The molecule has 150 valence electrons. The largest absolute Gasteiger partial charge is 0.489 e. The summed E-state index contributed by atoms with van der Waals surface area (Å²) in [5, 5.41) is 5.67. The topological polar surface area (TPSA) is 72.5 Å². The number of rotatable bonds is 8. The van der Waals surface area contributed by atoms with Gasteiger partial charge in [-0.3, -0.25) is 4.98 Å². The number of carbonyl (C=O) groups is 1. The van der Waals surface area contributed by atoms with Crippen LogP contribution in [0.15, 0.2) is 48.8 Å². The summed E-state index contributed by atoms with van der Waals surface area (Å²) in [6.45, 7) is 3.73. The molecule has 1 heterocycles. The normalized spacial score (nSPS) is 19.0. The lowest BCUT2D eigenvalue weighted by Gasteiger charge is -2.28. The van der Waals surface area contributed by atoms with Crippen molar-refractivity contribution in [2.45, 2.75) is 45.3 Å². The first-order valence-electron chi connectivity index (χ1n) is 9.99. The number of ether oxygens (including phenoxy) is 2. The molecule has 2 N–H and O–H groups in total. The van der Waals surface area contributed by atoms with E-state index in [0.29, 0.717) is 43.2 Å². The van der Waals surface area contributed by atoms with Crippen LogP contribution in [0.4, 0.5) is 10.5 Å². The molecule has 6 heteroatoms. The first-order chi connectivity index (χ1) is 13.7. The van der Waals surface area contributed by atoms with Gasteiger partial charge in [-0.1, -0.05) is 25.8 Å². The quantitative estimate of drug-likeness (QED) is 0.664. The van der Waals surface area contributed by atoms with Gasteiger partial charge in [0.25, 0.3) is 0 Å². The first kappa shape index (κ1) is 20.1. The van der Waals surface area contributed by atoms with E-state index in [1.165, 1.54) is 19.3 Å². The van der Waals surface area contributed by atoms with Crippen molar-refractivity contribution in [1.29, 1.82) is 0 Å². The van der Waals surface area contributed by atoms with Gasteiger partial charge in [0.05, 0.1) is 12.7 Å². The van der Waals surface area contributed by atoms with Crippen molar-refractivity contribution in [3.63, 3.8) is 0 Å². The summed E-state index contributed by atoms with van der Waals surface area (Å²) in [6.07, 6.45) is 8.69. The summed E-state index contributed by atoms with van der Waals surface area (Å²) in [5.74, 6) is 1.31. The Hall–Kier alpha value is -2.60. The Kier molecular flexibility index (Phi) is 7.67. The number of pyridine rings is 1. The molecule has 2 amide bonds. The Morgan fingerprint density at radius 2 is 2.00 bits per heavy atom. The smallest absolute Gasteiger partial charge is 0.319 e. The van der Waals surface area contributed by atoms with Gasteiger partial charge in [-0.15, -0.1) is 0 Å². The molecule has 0 saturated heterocycles. The van der Waals surface area contributed by atoms with E-state index in [1.54, 1.807) is 18.5 Å². The van der Waals surface area contributed by atoms with Crippen LogP contribution in [0.2, 0.25) is 0 Å². The van der Waals surface area contributed by atoms with Crippen LogP contribution in [0.1, 0.15) is 38.2 Å². The van der Waals surface area contributed by atoms with Crippen LogP contribution in [-0.2, 0) is 11.3 Å². The number of benzene rings is 1. The summed E-state index contributed by atoms with van der Waals surface area (Å²) >= 11 is 0. The van der Waals surface area contributed by atoms with Crippen LogP contribution < -0.4 is 15.4 Å². The van der Waals surface area contributed by atoms with E-state index in [-0.39, 0.29) is 6.03 Å². The van der Waals surface area contributed by atoms with Gasteiger partial charge in [-0.05, 0) is 48.6 Å². The number of amides is 2. The molecule has 0 radical (unpaired) electrons. The van der Waals surface area contributed by atoms with Crippen LogP contribution in [0.25, 0.3) is 0 Å². The molecule has 2 atom stereocenters. The van der Waals surface area contributed by atoms with Crippen molar-refractivity contribution < 1.29 is 14.3 Å². The molecule has 1 fully saturated rings. The monoisotopic (exact) mass is 383 g/mol. The van der Waals surface area contributed by atoms with Gasteiger partial charge in [-0.25, -0.2) is 4.79 Å². The number of urea groups is 1. The molecule has 28 heavy (non-hydrogen) atoms. The van der Waals surface area contributed by atoms with Gasteiger partial charge < -0.3 is 20.1 Å². The molecule has 0 aliphatic heterocycles. The molecule has 0 bridgehead atoms. The minimum Gasteiger partial charge on any atom is -0.489 e. The van der Waals surface area contributed by atoms with E-state index >= 15 is 0 Å². The minimum absolute atomic E-state index is 0.244. The number of hydrogen-bond acceptors (Lipinski definition) is 4. The molecular formula is C22H29N3O3. The van der Waals surface area contributed by atoms with E-state index < -0.39 is 0 Å². The molecule has 0 unspecified atom stereocenters. The van der Waals surface area contributed by atoms with Gasteiger partial charge in [0.15, 0.2) is 0 Å². The zero-order valence-corrected chi connectivity index (χ0v) is 16.4. The molecule has 0 spiro atoms. The van der Waals surface area contributed by atoms with Crippen molar-refractivity contribution in [2.24, 2.45) is 5.92 Å². The highest BCUT2D eigenvalue weighted by Gasteiger charge is 2.21. The average Bonchev–Trinajstić information content (AvgIpc) is 2.72. The molecule has 1 aromatic heterocycles. The Bertz CT molecular complexity index is 739. The fourth-order valence-electron chi connectivity index (χ4n) is 3.39. The second-order valence-corrected chi connectivity index (χ2v) is 7.22. The van der Waals surface area contributed by atoms with Crippen molar-refractivity contribution in [3.05, 3.63) is 54.4 Å². The predicted octanol–water partition coefficient (Wildman–Crippen LogP) is 4.38. The second kappa shape index (κ2) is 10.7. The summed E-state index contributed by atoms with van der Waals surface area (Å²) in [5.41, 5.74) is 1.73. The molecule has 1 aliphatic rings. The lowest BCUT2D eigenvalue weighted by Crippen LogP contribution is -2.34. The number of nitrogens with one attached hydrogen (secondary N) is 2. The van der Waals surface area contributed by atoms with Crippen molar-refractivity contribution in [3.8, 4) is 5.75 Å². The summed E-state index contributed by atoms with van der Waals surface area (Å²) in [6, 6.07) is 10.9. The number of hydrogen-bond donors (Lipinski definition) is 2. The van der Waals surface area contributed by atoms with Crippen LogP contribution in [0.5, 0.6) is 5.75 Å². The Morgan fingerprint density at radius 1 is 1.18 bits per heavy atom. The molecule has 1 aromatic carbocycles. The third kappa shape index (κ3) is 6.53. The van der Waals surface area contributed by atoms with Gasteiger partial charge in [0.1, 0.15) is 12.4 Å². The van der Waals surface area contributed by atoms with E-state index in [4.69, 9.17) is 9.47 Å². The van der Waals surface area contributed by atoms with Gasteiger partial charge >= 0.3 is 6.03 Å². The van der Waals surface area contributed by atoms with Gasteiger partial charge in [-0.2, -0.15) is 0 Å². The Labute approximate surface area is 166 Å². The molecule has 3 rings (SSSR count). The zero-order valence-electron chi connectivity index (χ0n) is 16.4. The van der Waals surface area contributed by atoms with E-state index in [2.05, 4.69) is 22.5 Å². The molecule has 2 aromatic rings. The SMILES string of the molecule is C[C@H]1CCCC[C@@H]1OCCNC(=O)Nc1cccc(OCc2ccncc2)c1. The second-order valence-electron chi connectivity index (χ2n) is 7.22. The van der Waals surface area contributed by atoms with Crippen molar-refractivity contribution in [2.75, 3.05) is 18.5 Å². The fourth-order valence-corrected chi connectivity index (χ4v) is 3.39. The standard InChI is InChI=1S/C22H29N3O3/c1-17-5-2-3-8-21(17)27-14-13-24-22(26)25-19-6-4-7-20(15-19)28-16-18-9-11-23-12-10-18/h4,6-7,9-12,15,17,21H,2-3,5,8,13-14,16H2,1H3,(H2,24,25,26)/t17-,21-/m0/s1. The predicted molar refractivity (Wildman–Crippen MR) is 109 cm³/mol. The average molecular weight is 383 g/mol. The fraction of sp³-hybridized carbons (Fsp3) is 0.455. The van der Waals surface area contributed by atoms with Crippen LogP contribution in [-0.4, -0.2) is 30.3 Å². The Morgan fingerprint density at radius 3 is 2.82 bits per heavy atom. The van der Waals surface area contributed by atoms with Crippen molar-refractivity contribution >= 4 is 11.7 Å². The third-order valence-corrected chi connectivity index (χ3v) is 5.00. The zero-order chi connectivity index (χ0) is 19.6. The van der Waals surface area contributed by atoms with Gasteiger partial charge in [0, 0.05) is 30.7 Å². The number of nitrogens with zero attached hydrogens (tertiary/aromatic N) is 1. The highest BCUT2D eigenvalue weighted by molar-refractivity contribution is 5.89. The molecule has 1 saturated carbocycles. The third-order valence-electron chi connectivity index (χ3n) is 5.00. The van der Waals surface area contributed by atoms with E-state index in [1.807, 2.05) is 30.3 Å². The van der Waals surface area contributed by atoms with Crippen LogP contribution in [0.3, 0.4) is 0 Å². The number of carbonyl (C=O) groups excluding carboxylic acids is 1. The highest BCUT2D eigenvalue weighted by atomic mass is 16.5. The van der Waals surface area contributed by atoms with E-state index in [9.17, 15) is 4.79 Å². The lowest BCUT2D eigenvalue weighted by molar-refractivity contribution is -0.00232. The molecular weight excluding hydrogens is 354 g/mol. The highest BCUT2D eigenvalue weighted by Crippen LogP contribution is 2.26. The summed E-state index contributed by atoms with van der Waals surface area (Å²) in [4.78, 5) is 16.1. The summed E-state index contributed by atoms with van der Waals surface area (Å²) in [7, 11) is 0. The summed E-state index contributed by atoms with van der Waals surface area (Å²) < 4.78 is 11.7. The van der Waals surface area contributed by atoms with Crippen LogP contribution in [0, 0.1) is 5.92 Å². The molecule has 6 nitrogen and oxygen atoms in total. The lowest BCUT2D eigenvalue weighted by atomic mass is 9.88.